The molecule has 0 bridgehead atoms. The fourth-order valence-corrected chi connectivity index (χ4v) is 1.70. The molecule has 0 spiro atoms. The van der Waals surface area contributed by atoms with Crippen LogP contribution < -0.4 is 5.32 Å². The van der Waals surface area contributed by atoms with Crippen molar-refractivity contribution >= 4 is 0 Å². The molecule has 82 valence electrons. The number of aromatic nitrogens is 3. The molecule has 3 rings (SSSR count). The van der Waals surface area contributed by atoms with E-state index in [1.165, 1.54) is 0 Å². The number of pyridine rings is 1. The van der Waals surface area contributed by atoms with Crippen LogP contribution in [0.2, 0.25) is 0 Å². The van der Waals surface area contributed by atoms with Gasteiger partial charge in [0.05, 0.1) is 0 Å². The first kappa shape index (κ1) is 9.47. The van der Waals surface area contributed by atoms with E-state index in [2.05, 4.69) is 20.4 Å². The van der Waals surface area contributed by atoms with E-state index < -0.39 is 0 Å². The van der Waals surface area contributed by atoms with Gasteiger partial charge in [-0.25, -0.2) is 0 Å². The Morgan fingerprint density at radius 3 is 2.81 bits per heavy atom. The topological polar surface area (TPSA) is 63.8 Å². The summed E-state index contributed by atoms with van der Waals surface area (Å²) in [5.74, 6) is 2.02. The Labute approximate surface area is 92.9 Å². The van der Waals surface area contributed by atoms with Crippen LogP contribution in [0, 0.1) is 5.92 Å². The van der Waals surface area contributed by atoms with Gasteiger partial charge < -0.3 is 9.84 Å². The minimum absolute atomic E-state index is 0.574. The highest BCUT2D eigenvalue weighted by Crippen LogP contribution is 2.17. The molecule has 1 N–H and O–H groups in total. The Morgan fingerprint density at radius 1 is 1.31 bits per heavy atom. The first-order chi connectivity index (χ1) is 7.92. The lowest BCUT2D eigenvalue weighted by atomic mass is 9.99. The van der Waals surface area contributed by atoms with E-state index in [1.54, 1.807) is 12.4 Å². The molecule has 0 radical (unpaired) electrons. The summed E-state index contributed by atoms with van der Waals surface area (Å²) in [5, 5.41) is 7.21. The second-order valence-corrected chi connectivity index (χ2v) is 3.98. The number of hydrogen-bond acceptors (Lipinski definition) is 5. The van der Waals surface area contributed by atoms with Crippen molar-refractivity contribution in [3.05, 3.63) is 30.4 Å². The fraction of sp³-hybridized carbons (Fsp3) is 0.364. The van der Waals surface area contributed by atoms with E-state index in [9.17, 15) is 0 Å². The number of nitrogens with one attached hydrogen (secondary N) is 1. The van der Waals surface area contributed by atoms with Gasteiger partial charge in [-0.1, -0.05) is 5.16 Å². The number of nitrogens with zero attached hydrogens (tertiary/aromatic N) is 3. The van der Waals surface area contributed by atoms with Crippen LogP contribution in [-0.2, 0) is 6.42 Å². The van der Waals surface area contributed by atoms with E-state index in [4.69, 9.17) is 4.52 Å². The van der Waals surface area contributed by atoms with Gasteiger partial charge in [0.25, 0.3) is 5.89 Å². The summed E-state index contributed by atoms with van der Waals surface area (Å²) in [6.45, 7) is 2.11. The Kier molecular flexibility index (Phi) is 2.38. The summed E-state index contributed by atoms with van der Waals surface area (Å²) in [6, 6.07) is 3.73. The average molecular weight is 216 g/mol. The van der Waals surface area contributed by atoms with Gasteiger partial charge in [0.1, 0.15) is 0 Å². The highest BCUT2D eigenvalue weighted by atomic mass is 16.5. The van der Waals surface area contributed by atoms with Crippen LogP contribution in [0.25, 0.3) is 11.5 Å². The van der Waals surface area contributed by atoms with Crippen molar-refractivity contribution in [1.82, 2.24) is 20.4 Å². The quantitative estimate of drug-likeness (QED) is 0.825. The van der Waals surface area contributed by atoms with E-state index >= 15 is 0 Å². The van der Waals surface area contributed by atoms with Crippen molar-refractivity contribution in [1.29, 1.82) is 0 Å². The molecular weight excluding hydrogens is 204 g/mol. The summed E-state index contributed by atoms with van der Waals surface area (Å²) in [6.07, 6.45) is 4.33. The molecule has 16 heavy (non-hydrogen) atoms. The zero-order valence-electron chi connectivity index (χ0n) is 8.76. The van der Waals surface area contributed by atoms with Crippen LogP contribution in [0.1, 0.15) is 5.82 Å². The molecule has 0 atom stereocenters. The Balaban J connectivity index is 1.77. The highest BCUT2D eigenvalue weighted by Gasteiger charge is 2.20. The van der Waals surface area contributed by atoms with Crippen molar-refractivity contribution in [3.63, 3.8) is 0 Å². The van der Waals surface area contributed by atoms with Gasteiger partial charge in [0, 0.05) is 24.4 Å². The van der Waals surface area contributed by atoms with Crippen LogP contribution >= 0.6 is 0 Å². The maximum atomic E-state index is 5.21. The predicted octanol–water partition coefficient (Wildman–Crippen LogP) is 0.893. The second-order valence-electron chi connectivity index (χ2n) is 3.98. The van der Waals surface area contributed by atoms with Crippen LogP contribution in [0.4, 0.5) is 0 Å². The van der Waals surface area contributed by atoms with Crippen LogP contribution in [-0.4, -0.2) is 28.2 Å². The molecule has 2 aromatic rings. The van der Waals surface area contributed by atoms with E-state index in [0.717, 1.165) is 30.9 Å². The summed E-state index contributed by atoms with van der Waals surface area (Å²) in [5.41, 5.74) is 0.917. The Morgan fingerprint density at radius 2 is 2.12 bits per heavy atom. The molecule has 0 aromatic carbocycles. The SMILES string of the molecule is c1cc(-c2nc(CC3CNC3)no2)ccn1. The molecule has 3 heterocycles. The number of rotatable bonds is 3. The molecule has 0 saturated carbocycles. The molecule has 1 fully saturated rings. The first-order valence-corrected chi connectivity index (χ1v) is 5.35. The van der Waals surface area contributed by atoms with Gasteiger partial charge in [-0.3, -0.25) is 4.98 Å². The van der Waals surface area contributed by atoms with Crippen LogP contribution in [0.15, 0.2) is 29.0 Å². The van der Waals surface area contributed by atoms with Gasteiger partial charge in [0.2, 0.25) is 0 Å². The minimum Gasteiger partial charge on any atom is -0.334 e. The molecule has 5 heteroatoms. The molecule has 2 aromatic heterocycles. The molecule has 1 aliphatic rings. The third-order valence-electron chi connectivity index (χ3n) is 2.73. The molecule has 1 aliphatic heterocycles. The van der Waals surface area contributed by atoms with Crippen LogP contribution in [0.3, 0.4) is 0 Å². The minimum atomic E-state index is 0.574. The summed E-state index contributed by atoms with van der Waals surface area (Å²) >= 11 is 0. The standard InChI is InChI=1S/C11H12N4O/c1-3-12-4-2-9(1)11-14-10(15-16-11)5-8-6-13-7-8/h1-4,8,13H,5-7H2. The zero-order valence-corrected chi connectivity index (χ0v) is 8.76. The molecular formula is C11H12N4O. The normalized spacial score (nSPS) is 16.0. The maximum absolute atomic E-state index is 5.21. The Bertz CT molecular complexity index is 464. The van der Waals surface area contributed by atoms with Gasteiger partial charge >= 0.3 is 0 Å². The average Bonchev–Trinajstić information content (AvgIpc) is 2.73. The smallest absolute Gasteiger partial charge is 0.258 e. The summed E-state index contributed by atoms with van der Waals surface area (Å²) in [4.78, 5) is 8.32. The van der Waals surface area contributed by atoms with Gasteiger partial charge in [0.15, 0.2) is 5.82 Å². The lowest BCUT2D eigenvalue weighted by Gasteiger charge is -2.25. The lowest BCUT2D eigenvalue weighted by molar-refractivity contribution is 0.333. The second kappa shape index (κ2) is 4.02. The fourth-order valence-electron chi connectivity index (χ4n) is 1.70. The largest absolute Gasteiger partial charge is 0.334 e. The molecule has 0 amide bonds. The summed E-state index contributed by atoms with van der Waals surface area (Å²) < 4.78 is 5.21. The van der Waals surface area contributed by atoms with Crippen molar-refractivity contribution in [3.8, 4) is 11.5 Å². The molecule has 5 nitrogen and oxygen atoms in total. The van der Waals surface area contributed by atoms with Crippen molar-refractivity contribution < 1.29 is 4.52 Å². The third-order valence-corrected chi connectivity index (χ3v) is 2.73. The van der Waals surface area contributed by atoms with Gasteiger partial charge in [-0.15, -0.1) is 0 Å². The first-order valence-electron chi connectivity index (χ1n) is 5.35. The van der Waals surface area contributed by atoms with Crippen molar-refractivity contribution in [2.24, 2.45) is 5.92 Å². The highest BCUT2D eigenvalue weighted by molar-refractivity contribution is 5.50. The van der Waals surface area contributed by atoms with Gasteiger partial charge in [-0.05, 0) is 31.1 Å². The maximum Gasteiger partial charge on any atom is 0.258 e. The van der Waals surface area contributed by atoms with E-state index in [1.807, 2.05) is 12.1 Å². The predicted molar refractivity (Wildman–Crippen MR) is 57.6 cm³/mol. The Hall–Kier alpha value is -1.75. The van der Waals surface area contributed by atoms with E-state index in [0.29, 0.717) is 11.8 Å². The van der Waals surface area contributed by atoms with Crippen molar-refractivity contribution in [2.45, 2.75) is 6.42 Å². The number of hydrogen-bond donors (Lipinski definition) is 1. The third kappa shape index (κ3) is 1.81. The zero-order chi connectivity index (χ0) is 10.8. The molecule has 1 saturated heterocycles. The van der Waals surface area contributed by atoms with Crippen LogP contribution in [0.5, 0.6) is 0 Å². The monoisotopic (exact) mass is 216 g/mol. The van der Waals surface area contributed by atoms with Gasteiger partial charge in [-0.2, -0.15) is 4.98 Å². The van der Waals surface area contributed by atoms with E-state index in [-0.39, 0.29) is 0 Å². The van der Waals surface area contributed by atoms with Crippen molar-refractivity contribution in [2.75, 3.05) is 13.1 Å². The molecule has 0 unspecified atom stereocenters. The molecule has 0 aliphatic carbocycles. The lowest BCUT2D eigenvalue weighted by Crippen LogP contribution is -2.43. The summed E-state index contributed by atoms with van der Waals surface area (Å²) in [7, 11) is 0.